The third-order valence-corrected chi connectivity index (χ3v) is 2.86. The smallest absolute Gasteiger partial charge is 0.338 e. The van der Waals surface area contributed by atoms with Crippen LogP contribution < -0.4 is 15.8 Å². The number of aromatic carboxylic acids is 1. The average molecular weight is 291 g/mol. The molecular weight excluding hydrogens is 277 g/mol. The predicted octanol–water partition coefficient (Wildman–Crippen LogP) is 2.12. The monoisotopic (exact) mass is 291 g/mol. The van der Waals surface area contributed by atoms with Crippen LogP contribution in [0.5, 0.6) is 5.88 Å². The molecule has 0 radical (unpaired) electrons. The highest BCUT2D eigenvalue weighted by atomic mass is 19.1. The summed E-state index contributed by atoms with van der Waals surface area (Å²) in [5, 5.41) is 11.8. The van der Waals surface area contributed by atoms with E-state index in [1.807, 2.05) is 0 Å². The zero-order valence-electron chi connectivity index (χ0n) is 11.3. The lowest BCUT2D eigenvalue weighted by Crippen LogP contribution is -2.07. The van der Waals surface area contributed by atoms with Gasteiger partial charge in [-0.15, -0.1) is 0 Å². The molecular formula is C14H14FN3O3. The number of nitrogens with two attached hydrogens (primary N) is 1. The van der Waals surface area contributed by atoms with E-state index in [0.29, 0.717) is 18.1 Å². The van der Waals surface area contributed by atoms with E-state index >= 15 is 0 Å². The number of carbonyl (C=O) groups is 1. The lowest BCUT2D eigenvalue weighted by atomic mass is 10.1. The SMILES string of the molecule is COc1cc(CNc2cc(F)c(C(=O)O)cc2N)ccn1. The number of hydrogen-bond acceptors (Lipinski definition) is 5. The minimum Gasteiger partial charge on any atom is -0.481 e. The second kappa shape index (κ2) is 6.08. The van der Waals surface area contributed by atoms with Gasteiger partial charge in [-0.1, -0.05) is 0 Å². The first kappa shape index (κ1) is 14.6. The molecule has 0 aliphatic rings. The van der Waals surface area contributed by atoms with Gasteiger partial charge in [0.15, 0.2) is 0 Å². The van der Waals surface area contributed by atoms with Crippen molar-refractivity contribution in [1.29, 1.82) is 0 Å². The number of pyridine rings is 1. The number of hydrogen-bond donors (Lipinski definition) is 3. The zero-order valence-corrected chi connectivity index (χ0v) is 11.3. The molecule has 0 fully saturated rings. The maximum atomic E-state index is 13.6. The molecule has 0 aliphatic heterocycles. The summed E-state index contributed by atoms with van der Waals surface area (Å²) in [4.78, 5) is 14.8. The van der Waals surface area contributed by atoms with Crippen LogP contribution in [0, 0.1) is 5.82 Å². The van der Waals surface area contributed by atoms with Gasteiger partial charge in [-0.2, -0.15) is 0 Å². The highest BCUT2D eigenvalue weighted by Gasteiger charge is 2.13. The quantitative estimate of drug-likeness (QED) is 0.730. The van der Waals surface area contributed by atoms with Gasteiger partial charge < -0.3 is 20.9 Å². The molecule has 0 saturated heterocycles. The Morgan fingerprint density at radius 1 is 1.48 bits per heavy atom. The normalized spacial score (nSPS) is 10.2. The Kier molecular flexibility index (Phi) is 4.22. The maximum absolute atomic E-state index is 13.6. The minimum absolute atomic E-state index is 0.162. The first-order valence-electron chi connectivity index (χ1n) is 6.06. The summed E-state index contributed by atoms with van der Waals surface area (Å²) in [5.74, 6) is -1.73. The number of anilines is 2. The van der Waals surface area contributed by atoms with E-state index in [9.17, 15) is 9.18 Å². The van der Waals surface area contributed by atoms with E-state index in [-0.39, 0.29) is 5.69 Å². The largest absolute Gasteiger partial charge is 0.481 e. The lowest BCUT2D eigenvalue weighted by Gasteiger charge is -2.11. The molecule has 21 heavy (non-hydrogen) atoms. The standard InChI is InChI=1S/C14H14FN3O3/c1-21-13-4-8(2-3-17-13)7-18-12-6-10(15)9(14(19)20)5-11(12)16/h2-6,18H,7,16H2,1H3,(H,19,20). The molecule has 7 heteroatoms. The number of nitrogens with zero attached hydrogens (tertiary/aromatic N) is 1. The molecule has 110 valence electrons. The zero-order chi connectivity index (χ0) is 15.4. The summed E-state index contributed by atoms with van der Waals surface area (Å²) in [6.07, 6.45) is 1.59. The summed E-state index contributed by atoms with van der Waals surface area (Å²) in [6.45, 7) is 0.370. The van der Waals surface area contributed by atoms with Crippen LogP contribution in [0.2, 0.25) is 0 Å². The Balaban J connectivity index is 2.16. The van der Waals surface area contributed by atoms with Gasteiger partial charge in [0, 0.05) is 18.8 Å². The molecule has 2 rings (SSSR count). The van der Waals surface area contributed by atoms with Crippen LogP contribution in [0.15, 0.2) is 30.5 Å². The Hall–Kier alpha value is -2.83. The number of carboxylic acids is 1. The Bertz CT molecular complexity index is 677. The highest BCUT2D eigenvalue weighted by molar-refractivity contribution is 5.90. The van der Waals surface area contributed by atoms with Gasteiger partial charge in [0.2, 0.25) is 5.88 Å². The van der Waals surface area contributed by atoms with Gasteiger partial charge in [0.05, 0.1) is 24.0 Å². The van der Waals surface area contributed by atoms with Crippen LogP contribution in [0.25, 0.3) is 0 Å². The molecule has 2 aromatic rings. The van der Waals surface area contributed by atoms with Gasteiger partial charge in [0.25, 0.3) is 0 Å². The minimum atomic E-state index is -1.36. The van der Waals surface area contributed by atoms with Crippen LogP contribution in [-0.2, 0) is 6.54 Å². The summed E-state index contributed by atoms with van der Waals surface area (Å²) >= 11 is 0. The first-order valence-corrected chi connectivity index (χ1v) is 6.06. The number of rotatable bonds is 5. The van der Waals surface area contributed by atoms with E-state index in [4.69, 9.17) is 15.6 Å². The van der Waals surface area contributed by atoms with E-state index in [0.717, 1.165) is 17.7 Å². The number of aromatic nitrogens is 1. The predicted molar refractivity (Wildman–Crippen MR) is 75.9 cm³/mol. The van der Waals surface area contributed by atoms with E-state index < -0.39 is 17.3 Å². The van der Waals surface area contributed by atoms with Crippen molar-refractivity contribution in [3.63, 3.8) is 0 Å². The molecule has 0 saturated carbocycles. The van der Waals surface area contributed by atoms with Crippen molar-refractivity contribution in [2.24, 2.45) is 0 Å². The topological polar surface area (TPSA) is 97.5 Å². The second-order valence-corrected chi connectivity index (χ2v) is 4.28. The van der Waals surface area contributed by atoms with E-state index in [1.165, 1.54) is 7.11 Å². The van der Waals surface area contributed by atoms with Gasteiger partial charge in [-0.05, 0) is 23.8 Å². The van der Waals surface area contributed by atoms with Crippen molar-refractivity contribution in [1.82, 2.24) is 4.98 Å². The van der Waals surface area contributed by atoms with Crippen molar-refractivity contribution in [2.75, 3.05) is 18.2 Å². The van der Waals surface area contributed by atoms with Crippen molar-refractivity contribution in [3.05, 3.63) is 47.4 Å². The van der Waals surface area contributed by atoms with Crippen LogP contribution in [0.4, 0.5) is 15.8 Å². The van der Waals surface area contributed by atoms with Crippen molar-refractivity contribution in [2.45, 2.75) is 6.54 Å². The van der Waals surface area contributed by atoms with Crippen LogP contribution >= 0.6 is 0 Å². The molecule has 0 spiro atoms. The second-order valence-electron chi connectivity index (χ2n) is 4.28. The van der Waals surface area contributed by atoms with E-state index in [1.54, 1.807) is 18.3 Å². The molecule has 4 N–H and O–H groups in total. The Labute approximate surface area is 120 Å². The number of nitrogen functional groups attached to an aromatic ring is 1. The van der Waals surface area contributed by atoms with Crippen LogP contribution in [-0.4, -0.2) is 23.2 Å². The molecule has 1 aromatic heterocycles. The summed E-state index contributed by atoms with van der Waals surface area (Å²) in [7, 11) is 1.51. The third-order valence-electron chi connectivity index (χ3n) is 2.86. The van der Waals surface area contributed by atoms with Gasteiger partial charge in [-0.3, -0.25) is 0 Å². The maximum Gasteiger partial charge on any atom is 0.338 e. The van der Waals surface area contributed by atoms with Gasteiger partial charge in [-0.25, -0.2) is 14.2 Å². The van der Waals surface area contributed by atoms with Gasteiger partial charge >= 0.3 is 5.97 Å². The Morgan fingerprint density at radius 2 is 2.24 bits per heavy atom. The Morgan fingerprint density at radius 3 is 2.90 bits per heavy atom. The molecule has 6 nitrogen and oxygen atoms in total. The lowest BCUT2D eigenvalue weighted by molar-refractivity contribution is 0.0692. The number of carboxylic acid groups (broad SMARTS) is 1. The third kappa shape index (κ3) is 3.38. The van der Waals surface area contributed by atoms with Crippen LogP contribution in [0.3, 0.4) is 0 Å². The number of halogens is 1. The number of benzene rings is 1. The van der Waals surface area contributed by atoms with Gasteiger partial charge in [0.1, 0.15) is 5.82 Å². The first-order chi connectivity index (χ1) is 10.0. The number of methoxy groups -OCH3 is 1. The van der Waals surface area contributed by atoms with Crippen LogP contribution in [0.1, 0.15) is 15.9 Å². The molecule has 1 aromatic carbocycles. The fraction of sp³-hybridized carbons (Fsp3) is 0.143. The van der Waals surface area contributed by atoms with Crippen molar-refractivity contribution in [3.8, 4) is 5.88 Å². The van der Waals surface area contributed by atoms with E-state index in [2.05, 4.69) is 10.3 Å². The summed E-state index contributed by atoms with van der Waals surface area (Å²) in [5.41, 5.74) is 6.62. The fourth-order valence-electron chi connectivity index (χ4n) is 1.78. The number of ether oxygens (including phenoxy) is 1. The summed E-state index contributed by atoms with van der Waals surface area (Å²) in [6, 6.07) is 5.66. The molecule has 0 amide bonds. The highest BCUT2D eigenvalue weighted by Crippen LogP contribution is 2.24. The molecule has 0 bridgehead atoms. The molecule has 0 unspecified atom stereocenters. The van der Waals surface area contributed by atoms with Crippen molar-refractivity contribution < 1.29 is 19.0 Å². The average Bonchev–Trinajstić information content (AvgIpc) is 2.47. The molecule has 0 aliphatic carbocycles. The van der Waals surface area contributed by atoms with Crippen molar-refractivity contribution >= 4 is 17.3 Å². The number of nitrogens with one attached hydrogen (secondary N) is 1. The molecule has 1 heterocycles. The fourth-order valence-corrected chi connectivity index (χ4v) is 1.78. The molecule has 0 atom stereocenters. The summed E-state index contributed by atoms with van der Waals surface area (Å²) < 4.78 is 18.6.